The molecule has 0 spiro atoms. The monoisotopic (exact) mass is 428 g/mol. The van der Waals surface area contributed by atoms with Gasteiger partial charge in [0, 0.05) is 17.0 Å². The number of carbonyl (C=O) groups excluding carboxylic acids is 3. The van der Waals surface area contributed by atoms with Gasteiger partial charge in [-0.05, 0) is 36.4 Å². The molecule has 4 rings (SSSR count). The van der Waals surface area contributed by atoms with Crippen LogP contribution in [0.2, 0.25) is 0 Å². The van der Waals surface area contributed by atoms with Crippen LogP contribution in [0.25, 0.3) is 0 Å². The van der Waals surface area contributed by atoms with E-state index in [-0.39, 0.29) is 0 Å². The van der Waals surface area contributed by atoms with E-state index in [9.17, 15) is 14.4 Å². The quantitative estimate of drug-likeness (QED) is 0.426. The van der Waals surface area contributed by atoms with Gasteiger partial charge in [0.15, 0.2) is 0 Å². The van der Waals surface area contributed by atoms with Gasteiger partial charge in [-0.2, -0.15) is 0 Å². The number of amides is 2. The highest BCUT2D eigenvalue weighted by molar-refractivity contribution is 9.10. The van der Waals surface area contributed by atoms with Crippen molar-refractivity contribution >= 4 is 45.1 Å². The Morgan fingerprint density at radius 3 is 2.37 bits per heavy atom. The van der Waals surface area contributed by atoms with E-state index in [0.717, 1.165) is 14.9 Å². The molecule has 2 amide bonds. The maximum atomic E-state index is 13.0. The molecule has 0 radical (unpaired) electrons. The summed E-state index contributed by atoms with van der Waals surface area (Å²) in [6, 6.07) is 13.4. The Morgan fingerprint density at radius 1 is 1.07 bits per heavy atom. The van der Waals surface area contributed by atoms with E-state index in [1.54, 1.807) is 12.1 Å². The molecular weight excluding hydrogens is 416 g/mol. The summed E-state index contributed by atoms with van der Waals surface area (Å²) in [7, 11) is 0. The number of nitrogens with zero attached hydrogens (tertiary/aromatic N) is 2. The first-order chi connectivity index (χ1) is 13.0. The number of carbonyl (C=O) groups is 3. The predicted octanol–water partition coefficient (Wildman–Crippen LogP) is 2.67. The van der Waals surface area contributed by atoms with E-state index < -0.39 is 29.8 Å². The predicted molar refractivity (Wildman–Crippen MR) is 99.3 cm³/mol. The third-order valence-corrected chi connectivity index (χ3v) is 4.84. The zero-order valence-electron chi connectivity index (χ0n) is 14.1. The third-order valence-electron chi connectivity index (χ3n) is 4.31. The third kappa shape index (κ3) is 3.02. The first-order valence-corrected chi connectivity index (χ1v) is 8.91. The smallest absolute Gasteiger partial charge is 0.308 e. The summed E-state index contributed by atoms with van der Waals surface area (Å²) in [5.74, 6) is -1.77. The molecule has 8 heteroatoms. The van der Waals surface area contributed by atoms with E-state index in [4.69, 9.17) is 9.57 Å². The van der Waals surface area contributed by atoms with Gasteiger partial charge in [0.2, 0.25) is 12.0 Å². The molecule has 0 unspecified atom stereocenters. The molecule has 2 aliphatic heterocycles. The van der Waals surface area contributed by atoms with Gasteiger partial charge in [0.05, 0.1) is 5.69 Å². The van der Waals surface area contributed by atoms with Gasteiger partial charge in [-0.3, -0.25) is 14.4 Å². The number of anilines is 1. The lowest BCUT2D eigenvalue weighted by molar-refractivity contribution is -0.132. The van der Waals surface area contributed by atoms with Crippen LogP contribution < -0.4 is 9.64 Å². The van der Waals surface area contributed by atoms with Crippen LogP contribution in [-0.2, 0) is 19.2 Å². The summed E-state index contributed by atoms with van der Waals surface area (Å²) in [4.78, 5) is 43.0. The topological polar surface area (TPSA) is 85.3 Å². The van der Waals surface area contributed by atoms with E-state index in [0.29, 0.717) is 17.1 Å². The highest BCUT2D eigenvalue weighted by Gasteiger charge is 2.56. The van der Waals surface area contributed by atoms with Gasteiger partial charge in [-0.15, -0.1) is 0 Å². The molecule has 2 atom stereocenters. The van der Waals surface area contributed by atoms with Crippen LogP contribution in [0.4, 0.5) is 5.69 Å². The van der Waals surface area contributed by atoms with Crippen molar-refractivity contribution in [2.75, 3.05) is 4.90 Å². The van der Waals surface area contributed by atoms with Crippen molar-refractivity contribution in [1.82, 2.24) is 0 Å². The molecule has 7 nitrogen and oxygen atoms in total. The number of fused-ring (bicyclic) bond motifs is 1. The number of halogens is 1. The zero-order valence-corrected chi connectivity index (χ0v) is 15.7. The molecule has 2 aromatic rings. The molecule has 0 bridgehead atoms. The molecule has 0 aromatic heterocycles. The first-order valence-electron chi connectivity index (χ1n) is 8.11. The summed E-state index contributed by atoms with van der Waals surface area (Å²) in [5, 5.41) is 3.97. The lowest BCUT2D eigenvalue weighted by Gasteiger charge is -2.15. The van der Waals surface area contributed by atoms with Gasteiger partial charge in [0.25, 0.3) is 5.91 Å². The average molecular weight is 429 g/mol. The molecule has 1 saturated heterocycles. The summed E-state index contributed by atoms with van der Waals surface area (Å²) in [6.07, 6.45) is -0.968. The highest BCUT2D eigenvalue weighted by Crippen LogP contribution is 2.35. The molecular formula is C19H13BrN2O5. The van der Waals surface area contributed by atoms with Crippen LogP contribution in [0.1, 0.15) is 12.5 Å². The second-order valence-corrected chi connectivity index (χ2v) is 7.00. The zero-order chi connectivity index (χ0) is 19.1. The Hall–Kier alpha value is -3.00. The van der Waals surface area contributed by atoms with Gasteiger partial charge in [-0.1, -0.05) is 33.2 Å². The summed E-state index contributed by atoms with van der Waals surface area (Å²) in [6.45, 7) is 1.29. The Labute approximate surface area is 162 Å². The number of imide groups is 1. The Kier molecular flexibility index (Phi) is 4.27. The fourth-order valence-corrected chi connectivity index (χ4v) is 3.38. The summed E-state index contributed by atoms with van der Waals surface area (Å²) >= 11 is 3.36. The number of ether oxygens (including phenoxy) is 1. The number of benzene rings is 2. The Bertz CT molecular complexity index is 969. The lowest BCUT2D eigenvalue weighted by atomic mass is 9.94. The van der Waals surface area contributed by atoms with Crippen LogP contribution in [0, 0.1) is 5.92 Å². The second kappa shape index (κ2) is 6.62. The van der Waals surface area contributed by atoms with Crippen molar-refractivity contribution in [2.45, 2.75) is 13.0 Å². The Balaban J connectivity index is 1.62. The van der Waals surface area contributed by atoms with Crippen LogP contribution in [-0.4, -0.2) is 29.6 Å². The standard InChI is InChI=1S/C19H13BrN2O5/c1-10(23)26-14-8-6-13(7-9-14)22-18(24)15-16(21-27-17(15)19(22)25)11-2-4-12(20)5-3-11/h2-9,15,17H,1H3/t15-,17+/m0/s1. The number of oxime groups is 1. The highest BCUT2D eigenvalue weighted by atomic mass is 79.9. The fraction of sp³-hybridized carbons (Fsp3) is 0.158. The number of esters is 1. The number of hydrogen-bond acceptors (Lipinski definition) is 6. The Morgan fingerprint density at radius 2 is 1.74 bits per heavy atom. The van der Waals surface area contributed by atoms with Crippen LogP contribution in [0.5, 0.6) is 5.75 Å². The SMILES string of the molecule is CC(=O)Oc1ccc(N2C(=O)[C@H]3C(c4ccc(Br)cc4)=NO[C@H]3C2=O)cc1. The van der Waals surface area contributed by atoms with E-state index in [2.05, 4.69) is 21.1 Å². The number of rotatable bonds is 3. The molecule has 0 aliphatic carbocycles. The molecule has 136 valence electrons. The van der Waals surface area contributed by atoms with Crippen LogP contribution in [0.3, 0.4) is 0 Å². The minimum absolute atomic E-state index is 0.332. The minimum Gasteiger partial charge on any atom is -0.427 e. The molecule has 2 heterocycles. The van der Waals surface area contributed by atoms with Crippen molar-refractivity contribution < 1.29 is 24.0 Å². The molecule has 2 aliphatic rings. The molecule has 0 N–H and O–H groups in total. The minimum atomic E-state index is -0.968. The number of hydrogen-bond donors (Lipinski definition) is 0. The van der Waals surface area contributed by atoms with Gasteiger partial charge < -0.3 is 9.57 Å². The summed E-state index contributed by atoms with van der Waals surface area (Å²) < 4.78 is 5.86. The molecule has 1 fully saturated rings. The second-order valence-electron chi connectivity index (χ2n) is 6.09. The van der Waals surface area contributed by atoms with Gasteiger partial charge in [-0.25, -0.2) is 4.90 Å². The normalized spacial score (nSPS) is 21.0. The molecule has 27 heavy (non-hydrogen) atoms. The van der Waals surface area contributed by atoms with Crippen molar-refractivity contribution in [2.24, 2.45) is 11.1 Å². The van der Waals surface area contributed by atoms with Crippen LogP contribution >= 0.6 is 15.9 Å². The maximum Gasteiger partial charge on any atom is 0.308 e. The van der Waals surface area contributed by atoms with Crippen molar-refractivity contribution in [1.29, 1.82) is 0 Å². The van der Waals surface area contributed by atoms with E-state index in [1.165, 1.54) is 19.1 Å². The van der Waals surface area contributed by atoms with Gasteiger partial charge in [0.1, 0.15) is 17.4 Å². The van der Waals surface area contributed by atoms with E-state index >= 15 is 0 Å². The summed E-state index contributed by atoms with van der Waals surface area (Å²) in [5.41, 5.74) is 1.54. The fourth-order valence-electron chi connectivity index (χ4n) is 3.12. The van der Waals surface area contributed by atoms with E-state index in [1.807, 2.05) is 24.3 Å². The van der Waals surface area contributed by atoms with Crippen LogP contribution in [0.15, 0.2) is 58.2 Å². The largest absolute Gasteiger partial charge is 0.427 e. The van der Waals surface area contributed by atoms with Gasteiger partial charge >= 0.3 is 5.97 Å². The molecule has 0 saturated carbocycles. The van der Waals surface area contributed by atoms with Crippen molar-refractivity contribution in [3.8, 4) is 5.75 Å². The van der Waals surface area contributed by atoms with Crippen molar-refractivity contribution in [3.63, 3.8) is 0 Å². The molecule has 2 aromatic carbocycles. The average Bonchev–Trinajstić information content (AvgIpc) is 3.17. The van der Waals surface area contributed by atoms with Crippen molar-refractivity contribution in [3.05, 3.63) is 58.6 Å². The lowest BCUT2D eigenvalue weighted by Crippen LogP contribution is -2.33. The first kappa shape index (κ1) is 17.4. The maximum absolute atomic E-state index is 13.0.